The summed E-state index contributed by atoms with van der Waals surface area (Å²) in [5, 5.41) is 0.977. The SMILES string of the molecule is CCOC(=O)c1cc2c(N3CCN(C)CC3)cccc2o1. The van der Waals surface area contributed by atoms with Gasteiger partial charge in [-0.2, -0.15) is 0 Å². The molecule has 3 rings (SSSR count). The van der Waals surface area contributed by atoms with Crippen LogP contribution in [0.3, 0.4) is 0 Å². The van der Waals surface area contributed by atoms with E-state index < -0.39 is 5.97 Å². The number of ether oxygens (including phenoxy) is 1. The summed E-state index contributed by atoms with van der Waals surface area (Å²) in [6, 6.07) is 7.73. The molecule has 1 aliphatic heterocycles. The molecular formula is C16H20N2O3. The van der Waals surface area contributed by atoms with Crippen molar-refractivity contribution in [1.29, 1.82) is 0 Å². The second kappa shape index (κ2) is 5.77. The Morgan fingerprint density at radius 2 is 2.05 bits per heavy atom. The highest BCUT2D eigenvalue weighted by atomic mass is 16.5. The molecule has 1 aromatic carbocycles. The second-order valence-corrected chi connectivity index (χ2v) is 5.31. The van der Waals surface area contributed by atoms with Gasteiger partial charge in [0, 0.05) is 43.3 Å². The number of nitrogens with zero attached hydrogens (tertiary/aromatic N) is 2. The highest BCUT2D eigenvalue weighted by molar-refractivity contribution is 5.98. The fraction of sp³-hybridized carbons (Fsp3) is 0.438. The van der Waals surface area contributed by atoms with Crippen molar-refractivity contribution in [3.8, 4) is 0 Å². The standard InChI is InChI=1S/C16H20N2O3/c1-3-20-16(19)15-11-12-13(5-4-6-14(12)21-15)18-9-7-17(2)8-10-18/h4-6,11H,3,7-10H2,1-2H3. The van der Waals surface area contributed by atoms with E-state index in [2.05, 4.69) is 22.9 Å². The highest BCUT2D eigenvalue weighted by Crippen LogP contribution is 2.30. The largest absolute Gasteiger partial charge is 0.460 e. The summed E-state index contributed by atoms with van der Waals surface area (Å²) in [5.41, 5.74) is 1.86. The zero-order chi connectivity index (χ0) is 14.8. The lowest BCUT2D eigenvalue weighted by Gasteiger charge is -2.34. The number of piperazine rings is 1. The molecule has 21 heavy (non-hydrogen) atoms. The van der Waals surface area contributed by atoms with E-state index in [1.807, 2.05) is 12.1 Å². The predicted molar refractivity (Wildman–Crippen MR) is 81.9 cm³/mol. The number of rotatable bonds is 3. The van der Waals surface area contributed by atoms with Gasteiger partial charge in [-0.3, -0.25) is 0 Å². The van der Waals surface area contributed by atoms with Crippen LogP contribution in [0.15, 0.2) is 28.7 Å². The summed E-state index contributed by atoms with van der Waals surface area (Å²) in [7, 11) is 2.13. The molecule has 1 aliphatic rings. The minimum Gasteiger partial charge on any atom is -0.460 e. The molecule has 5 heteroatoms. The van der Waals surface area contributed by atoms with Crippen LogP contribution < -0.4 is 4.90 Å². The Labute approximate surface area is 124 Å². The van der Waals surface area contributed by atoms with Gasteiger partial charge in [-0.1, -0.05) is 6.07 Å². The van der Waals surface area contributed by atoms with E-state index in [0.717, 1.165) is 42.8 Å². The lowest BCUT2D eigenvalue weighted by Crippen LogP contribution is -2.44. The van der Waals surface area contributed by atoms with Gasteiger partial charge >= 0.3 is 5.97 Å². The van der Waals surface area contributed by atoms with Gasteiger partial charge in [0.2, 0.25) is 5.76 Å². The first-order valence-corrected chi connectivity index (χ1v) is 7.32. The van der Waals surface area contributed by atoms with Crippen LogP contribution in [0.2, 0.25) is 0 Å². The molecule has 1 saturated heterocycles. The fourth-order valence-corrected chi connectivity index (χ4v) is 2.67. The molecule has 0 saturated carbocycles. The predicted octanol–water partition coefficient (Wildman–Crippen LogP) is 2.36. The van der Waals surface area contributed by atoms with Crippen LogP contribution >= 0.6 is 0 Å². The van der Waals surface area contributed by atoms with Gasteiger partial charge in [-0.25, -0.2) is 4.79 Å². The lowest BCUT2D eigenvalue weighted by atomic mass is 10.1. The molecule has 1 fully saturated rings. The van der Waals surface area contributed by atoms with Crippen molar-refractivity contribution in [2.75, 3.05) is 44.7 Å². The topological polar surface area (TPSA) is 45.9 Å². The van der Waals surface area contributed by atoms with Crippen molar-refractivity contribution in [3.63, 3.8) is 0 Å². The first kappa shape index (κ1) is 13.9. The summed E-state index contributed by atoms with van der Waals surface area (Å²) in [6.45, 7) is 6.18. The normalized spacial score (nSPS) is 16.4. The number of carbonyl (C=O) groups is 1. The second-order valence-electron chi connectivity index (χ2n) is 5.31. The summed E-state index contributed by atoms with van der Waals surface area (Å²) in [4.78, 5) is 16.5. The molecule has 0 bridgehead atoms. The van der Waals surface area contributed by atoms with Gasteiger partial charge in [0.25, 0.3) is 0 Å². The van der Waals surface area contributed by atoms with E-state index >= 15 is 0 Å². The molecule has 0 atom stereocenters. The number of carbonyl (C=O) groups excluding carboxylic acids is 1. The molecule has 2 heterocycles. The Hall–Kier alpha value is -2.01. The molecule has 0 amide bonds. The van der Waals surface area contributed by atoms with Gasteiger partial charge in [0.15, 0.2) is 0 Å². The molecule has 0 spiro atoms. The van der Waals surface area contributed by atoms with E-state index in [4.69, 9.17) is 9.15 Å². The average Bonchev–Trinajstić information content (AvgIpc) is 2.92. The van der Waals surface area contributed by atoms with Crippen LogP contribution in [-0.4, -0.2) is 50.7 Å². The highest BCUT2D eigenvalue weighted by Gasteiger charge is 2.20. The Kier molecular flexibility index (Phi) is 3.84. The van der Waals surface area contributed by atoms with Crippen LogP contribution in [0.1, 0.15) is 17.5 Å². The molecule has 1 aromatic heterocycles. The summed E-state index contributed by atoms with van der Waals surface area (Å²) in [6.07, 6.45) is 0. The van der Waals surface area contributed by atoms with E-state index in [9.17, 15) is 4.79 Å². The van der Waals surface area contributed by atoms with Crippen molar-refractivity contribution >= 4 is 22.6 Å². The zero-order valence-electron chi connectivity index (χ0n) is 12.5. The Balaban J connectivity index is 1.94. The maximum absolute atomic E-state index is 11.8. The molecule has 2 aromatic rings. The van der Waals surface area contributed by atoms with Crippen molar-refractivity contribution < 1.29 is 13.9 Å². The summed E-state index contributed by atoms with van der Waals surface area (Å²) >= 11 is 0. The third kappa shape index (κ3) is 2.74. The third-order valence-electron chi connectivity index (χ3n) is 3.86. The number of likely N-dealkylation sites (N-methyl/N-ethyl adjacent to an activating group) is 1. The van der Waals surface area contributed by atoms with E-state index in [-0.39, 0.29) is 5.76 Å². The fourth-order valence-electron chi connectivity index (χ4n) is 2.67. The monoisotopic (exact) mass is 288 g/mol. The number of benzene rings is 1. The molecule has 5 nitrogen and oxygen atoms in total. The summed E-state index contributed by atoms with van der Waals surface area (Å²) < 4.78 is 10.6. The van der Waals surface area contributed by atoms with E-state index in [1.54, 1.807) is 13.0 Å². The van der Waals surface area contributed by atoms with Crippen LogP contribution in [0.25, 0.3) is 11.0 Å². The van der Waals surface area contributed by atoms with Gasteiger partial charge in [0.1, 0.15) is 5.58 Å². The van der Waals surface area contributed by atoms with Gasteiger partial charge < -0.3 is 19.0 Å². The molecule has 0 N–H and O–H groups in total. The third-order valence-corrected chi connectivity index (χ3v) is 3.86. The molecule has 0 radical (unpaired) electrons. The van der Waals surface area contributed by atoms with Gasteiger partial charge in [-0.15, -0.1) is 0 Å². The van der Waals surface area contributed by atoms with Crippen LogP contribution in [0, 0.1) is 0 Å². The maximum atomic E-state index is 11.8. The van der Waals surface area contributed by atoms with Crippen molar-refractivity contribution in [2.24, 2.45) is 0 Å². The van der Waals surface area contributed by atoms with Crippen molar-refractivity contribution in [1.82, 2.24) is 4.90 Å². The van der Waals surface area contributed by atoms with Crippen LogP contribution in [0.5, 0.6) is 0 Å². The number of hydrogen-bond donors (Lipinski definition) is 0. The van der Waals surface area contributed by atoms with Crippen LogP contribution in [0.4, 0.5) is 5.69 Å². The molecule has 112 valence electrons. The number of anilines is 1. The minimum absolute atomic E-state index is 0.272. The Morgan fingerprint density at radius 1 is 1.29 bits per heavy atom. The van der Waals surface area contributed by atoms with Crippen molar-refractivity contribution in [3.05, 3.63) is 30.0 Å². The van der Waals surface area contributed by atoms with Gasteiger partial charge in [0.05, 0.1) is 6.61 Å². The van der Waals surface area contributed by atoms with E-state index in [1.165, 1.54) is 0 Å². The Morgan fingerprint density at radius 3 is 2.76 bits per heavy atom. The summed E-state index contributed by atoms with van der Waals surface area (Å²) in [5.74, 6) is -0.133. The lowest BCUT2D eigenvalue weighted by molar-refractivity contribution is 0.0492. The zero-order valence-corrected chi connectivity index (χ0v) is 12.5. The molecule has 0 aliphatic carbocycles. The number of furan rings is 1. The van der Waals surface area contributed by atoms with Crippen molar-refractivity contribution in [2.45, 2.75) is 6.92 Å². The number of fused-ring (bicyclic) bond motifs is 1. The van der Waals surface area contributed by atoms with E-state index in [0.29, 0.717) is 6.61 Å². The first-order chi connectivity index (χ1) is 10.2. The smallest absolute Gasteiger partial charge is 0.374 e. The molecular weight excluding hydrogens is 268 g/mol. The molecule has 0 unspecified atom stereocenters. The Bertz CT molecular complexity index is 642. The minimum atomic E-state index is -0.405. The first-order valence-electron chi connectivity index (χ1n) is 7.32. The van der Waals surface area contributed by atoms with Gasteiger partial charge in [-0.05, 0) is 26.1 Å². The number of esters is 1. The quantitative estimate of drug-likeness (QED) is 0.811. The van der Waals surface area contributed by atoms with Crippen LogP contribution in [-0.2, 0) is 4.74 Å². The number of hydrogen-bond acceptors (Lipinski definition) is 5. The average molecular weight is 288 g/mol. The maximum Gasteiger partial charge on any atom is 0.374 e.